The average molecular weight is 301 g/mol. The summed E-state index contributed by atoms with van der Waals surface area (Å²) in [6.07, 6.45) is -0.870. The van der Waals surface area contributed by atoms with Crippen molar-refractivity contribution in [2.45, 2.75) is 25.5 Å². The average Bonchev–Trinajstić information content (AvgIpc) is 2.47. The Morgan fingerprint density at radius 1 is 1.29 bits per heavy atom. The topological polar surface area (TPSA) is 64.6 Å². The van der Waals surface area contributed by atoms with Crippen molar-refractivity contribution >= 4 is 11.9 Å². The van der Waals surface area contributed by atoms with Gasteiger partial charge in [0.15, 0.2) is 5.54 Å². The second-order valence-electron chi connectivity index (χ2n) is 4.61. The molecular formula is C14H17F2NO4. The van der Waals surface area contributed by atoms with Gasteiger partial charge < -0.3 is 14.8 Å². The minimum Gasteiger partial charge on any atom is -0.467 e. The van der Waals surface area contributed by atoms with E-state index in [4.69, 9.17) is 4.74 Å². The van der Waals surface area contributed by atoms with Gasteiger partial charge in [0.2, 0.25) is 5.91 Å². The van der Waals surface area contributed by atoms with Crippen LogP contribution in [0.2, 0.25) is 0 Å². The fourth-order valence-electron chi connectivity index (χ4n) is 1.77. The van der Waals surface area contributed by atoms with Gasteiger partial charge in [0, 0.05) is 12.7 Å². The van der Waals surface area contributed by atoms with E-state index < -0.39 is 35.2 Å². The molecule has 5 nitrogen and oxygen atoms in total. The van der Waals surface area contributed by atoms with Crippen LogP contribution in [0.15, 0.2) is 18.2 Å². The third kappa shape index (κ3) is 3.55. The molecule has 0 bridgehead atoms. The largest absolute Gasteiger partial charge is 0.467 e. The van der Waals surface area contributed by atoms with E-state index in [1.165, 1.54) is 21.0 Å². The third-order valence-corrected chi connectivity index (χ3v) is 3.16. The lowest BCUT2D eigenvalue weighted by atomic mass is 9.91. The van der Waals surface area contributed by atoms with Crippen LogP contribution < -0.4 is 5.32 Å². The molecule has 0 heterocycles. The molecule has 1 aromatic rings. The number of hydrogen-bond donors (Lipinski definition) is 1. The maximum absolute atomic E-state index is 13.9. The summed E-state index contributed by atoms with van der Waals surface area (Å²) in [5, 5.41) is 2.33. The zero-order valence-corrected chi connectivity index (χ0v) is 12.2. The highest BCUT2D eigenvalue weighted by Crippen LogP contribution is 2.26. The molecule has 0 aliphatic heterocycles. The maximum atomic E-state index is 13.9. The monoisotopic (exact) mass is 301 g/mol. The summed E-state index contributed by atoms with van der Waals surface area (Å²) in [7, 11) is 2.40. The van der Waals surface area contributed by atoms with Gasteiger partial charge >= 0.3 is 5.97 Å². The van der Waals surface area contributed by atoms with Crippen molar-refractivity contribution in [3.05, 3.63) is 35.4 Å². The Morgan fingerprint density at radius 2 is 1.90 bits per heavy atom. The fraction of sp³-hybridized carbons (Fsp3) is 0.429. The molecule has 1 N–H and O–H groups in total. The number of amides is 1. The zero-order chi connectivity index (χ0) is 16.2. The van der Waals surface area contributed by atoms with E-state index in [1.54, 1.807) is 0 Å². The molecule has 116 valence electrons. The summed E-state index contributed by atoms with van der Waals surface area (Å²) in [5.74, 6) is -3.16. The lowest BCUT2D eigenvalue weighted by Crippen LogP contribution is -2.53. The number of hydrogen-bond acceptors (Lipinski definition) is 4. The van der Waals surface area contributed by atoms with Crippen LogP contribution in [-0.2, 0) is 24.6 Å². The van der Waals surface area contributed by atoms with Crippen molar-refractivity contribution in [3.8, 4) is 0 Å². The van der Waals surface area contributed by atoms with Gasteiger partial charge in [0.05, 0.1) is 7.11 Å². The van der Waals surface area contributed by atoms with E-state index in [9.17, 15) is 18.4 Å². The Hall–Kier alpha value is -2.02. The van der Waals surface area contributed by atoms with Crippen LogP contribution in [0.4, 0.5) is 8.78 Å². The molecule has 0 radical (unpaired) electrons. The van der Waals surface area contributed by atoms with E-state index in [0.717, 1.165) is 25.3 Å². The summed E-state index contributed by atoms with van der Waals surface area (Å²) in [6.45, 7) is 2.69. The van der Waals surface area contributed by atoms with Crippen LogP contribution >= 0.6 is 0 Å². The first-order valence-electron chi connectivity index (χ1n) is 6.15. The Balaban J connectivity index is 3.30. The van der Waals surface area contributed by atoms with E-state index in [2.05, 4.69) is 10.1 Å². The van der Waals surface area contributed by atoms with Crippen LogP contribution in [-0.4, -0.2) is 32.2 Å². The zero-order valence-electron chi connectivity index (χ0n) is 12.2. The second-order valence-corrected chi connectivity index (χ2v) is 4.61. The van der Waals surface area contributed by atoms with Crippen LogP contribution in [0.25, 0.3) is 0 Å². The predicted octanol–water partition coefficient (Wildman–Crippen LogP) is 1.50. The van der Waals surface area contributed by atoms with E-state index in [-0.39, 0.29) is 5.56 Å². The van der Waals surface area contributed by atoms with Crippen LogP contribution in [0.3, 0.4) is 0 Å². The smallest absolute Gasteiger partial charge is 0.336 e. The fourth-order valence-corrected chi connectivity index (χ4v) is 1.77. The first-order chi connectivity index (χ1) is 9.76. The number of methoxy groups -OCH3 is 2. The number of benzene rings is 1. The van der Waals surface area contributed by atoms with Crippen LogP contribution in [0.1, 0.15) is 19.4 Å². The number of carbonyl (C=O) groups excluding carboxylic acids is 2. The molecule has 0 fully saturated rings. The highest BCUT2D eigenvalue weighted by molar-refractivity contribution is 5.90. The number of ether oxygens (including phenoxy) is 2. The number of halogens is 2. The molecule has 1 rings (SSSR count). The van der Waals surface area contributed by atoms with Gasteiger partial charge in [-0.15, -0.1) is 0 Å². The molecule has 0 aliphatic carbocycles. The second kappa shape index (κ2) is 6.62. The minimum absolute atomic E-state index is 0.328. The van der Waals surface area contributed by atoms with Gasteiger partial charge in [-0.1, -0.05) is 0 Å². The molecule has 1 aromatic carbocycles. The molecule has 0 aromatic heterocycles. The van der Waals surface area contributed by atoms with Gasteiger partial charge in [-0.3, -0.25) is 4.79 Å². The summed E-state index contributed by atoms with van der Waals surface area (Å²) in [6, 6.07) is 2.62. The molecule has 0 spiro atoms. The Bertz CT molecular complexity index is 550. The molecule has 0 aliphatic rings. The molecule has 0 saturated heterocycles. The van der Waals surface area contributed by atoms with Crippen molar-refractivity contribution in [2.24, 2.45) is 0 Å². The number of carbonyl (C=O) groups is 2. The van der Waals surface area contributed by atoms with Crippen molar-refractivity contribution in [3.63, 3.8) is 0 Å². The summed E-state index contributed by atoms with van der Waals surface area (Å²) in [5.41, 5.74) is -2.20. The molecule has 2 atom stereocenters. The van der Waals surface area contributed by atoms with E-state index in [1.807, 2.05) is 0 Å². The highest BCUT2D eigenvalue weighted by Gasteiger charge is 2.41. The molecule has 0 saturated carbocycles. The highest BCUT2D eigenvalue weighted by atomic mass is 19.1. The van der Waals surface area contributed by atoms with Gasteiger partial charge in [0.25, 0.3) is 0 Å². The quantitative estimate of drug-likeness (QED) is 0.837. The molecular weight excluding hydrogens is 284 g/mol. The van der Waals surface area contributed by atoms with E-state index in [0.29, 0.717) is 0 Å². The van der Waals surface area contributed by atoms with Gasteiger partial charge in [0.1, 0.15) is 17.7 Å². The van der Waals surface area contributed by atoms with Crippen LogP contribution in [0.5, 0.6) is 0 Å². The number of esters is 1. The summed E-state index contributed by atoms with van der Waals surface area (Å²) >= 11 is 0. The van der Waals surface area contributed by atoms with Crippen LogP contribution in [0, 0.1) is 11.6 Å². The molecule has 0 unspecified atom stereocenters. The van der Waals surface area contributed by atoms with Gasteiger partial charge in [-0.25, -0.2) is 13.6 Å². The lowest BCUT2D eigenvalue weighted by Gasteiger charge is -2.29. The maximum Gasteiger partial charge on any atom is 0.336 e. The molecule has 21 heavy (non-hydrogen) atoms. The summed E-state index contributed by atoms with van der Waals surface area (Å²) in [4.78, 5) is 23.9. The summed E-state index contributed by atoms with van der Waals surface area (Å²) < 4.78 is 36.7. The number of rotatable bonds is 5. The standard InChI is InChI=1S/C14H17F2NO4/c1-8(20-3)12(18)17-14(2,13(19)21-4)10-7-9(15)5-6-11(10)16/h5-8H,1-4H3,(H,17,18)/t8-,14+/m1/s1. The first-order valence-corrected chi connectivity index (χ1v) is 6.15. The Kier molecular flexibility index (Phi) is 5.37. The van der Waals surface area contributed by atoms with E-state index >= 15 is 0 Å². The van der Waals surface area contributed by atoms with Gasteiger partial charge in [-0.2, -0.15) is 0 Å². The minimum atomic E-state index is -1.87. The lowest BCUT2D eigenvalue weighted by molar-refractivity contribution is -0.152. The van der Waals surface area contributed by atoms with Crippen molar-refractivity contribution in [1.82, 2.24) is 5.32 Å². The predicted molar refractivity (Wildman–Crippen MR) is 70.3 cm³/mol. The number of nitrogens with one attached hydrogen (secondary N) is 1. The SMILES string of the molecule is COC(=O)[C@@](C)(NC(=O)[C@@H](C)OC)c1cc(F)ccc1F. The molecule has 1 amide bonds. The first kappa shape index (κ1) is 17.0. The van der Waals surface area contributed by atoms with Crippen molar-refractivity contribution in [2.75, 3.05) is 14.2 Å². The Morgan fingerprint density at radius 3 is 2.43 bits per heavy atom. The van der Waals surface area contributed by atoms with Gasteiger partial charge in [-0.05, 0) is 32.0 Å². The normalized spacial score (nSPS) is 15.0. The molecule has 7 heteroatoms. The van der Waals surface area contributed by atoms with Crippen molar-refractivity contribution < 1.29 is 27.8 Å². The third-order valence-electron chi connectivity index (χ3n) is 3.16. The van der Waals surface area contributed by atoms with Crippen molar-refractivity contribution in [1.29, 1.82) is 0 Å². The Labute approximate surface area is 121 Å².